The molecule has 5 nitrogen and oxygen atoms in total. The molecule has 1 aliphatic carbocycles. The number of carbonyl (C=O) groups is 1. The average Bonchev–Trinajstić information content (AvgIpc) is 2.62. The van der Waals surface area contributed by atoms with Gasteiger partial charge in [0.25, 0.3) is 5.91 Å². The minimum absolute atomic E-state index is 0.0943. The van der Waals surface area contributed by atoms with Gasteiger partial charge in [0.2, 0.25) is 0 Å². The Kier molecular flexibility index (Phi) is 6.06. The van der Waals surface area contributed by atoms with Crippen LogP contribution in [0.2, 0.25) is 0 Å². The normalized spacial score (nSPS) is 25.3. The van der Waals surface area contributed by atoms with Crippen LogP contribution in [0.1, 0.15) is 36.2 Å². The highest BCUT2D eigenvalue weighted by atomic mass is 32.2. The SMILES string of the molecule is CN1CCN(C(=O)c2cncc(SC3CCC(C(F)(F)F)CC3)n2)CC1. The molecule has 1 saturated heterocycles. The number of halogens is 3. The minimum Gasteiger partial charge on any atom is -0.335 e. The van der Waals surface area contributed by atoms with Crippen LogP contribution in [0.5, 0.6) is 0 Å². The Morgan fingerprint density at radius 2 is 1.77 bits per heavy atom. The van der Waals surface area contributed by atoms with Crippen molar-refractivity contribution in [3.63, 3.8) is 0 Å². The van der Waals surface area contributed by atoms with Crippen molar-refractivity contribution in [3.05, 3.63) is 18.1 Å². The number of hydrogen-bond acceptors (Lipinski definition) is 5. The molecule has 0 radical (unpaired) electrons. The van der Waals surface area contributed by atoms with Gasteiger partial charge in [0.15, 0.2) is 0 Å². The summed E-state index contributed by atoms with van der Waals surface area (Å²) in [6, 6.07) is 0. The summed E-state index contributed by atoms with van der Waals surface area (Å²) in [6.07, 6.45) is 0.292. The fourth-order valence-electron chi connectivity index (χ4n) is 3.36. The van der Waals surface area contributed by atoms with E-state index in [9.17, 15) is 18.0 Å². The Balaban J connectivity index is 1.57. The topological polar surface area (TPSA) is 49.3 Å². The van der Waals surface area contributed by atoms with Gasteiger partial charge in [-0.25, -0.2) is 4.98 Å². The monoisotopic (exact) mass is 388 g/mol. The van der Waals surface area contributed by atoms with Gasteiger partial charge in [0, 0.05) is 31.4 Å². The summed E-state index contributed by atoms with van der Waals surface area (Å²) in [5.41, 5.74) is 0.309. The third-order valence-corrected chi connectivity index (χ3v) is 6.29. The van der Waals surface area contributed by atoms with Crippen LogP contribution in [0.25, 0.3) is 0 Å². The molecule has 144 valence electrons. The lowest BCUT2D eigenvalue weighted by Gasteiger charge is -2.32. The van der Waals surface area contributed by atoms with Crippen molar-refractivity contribution in [1.82, 2.24) is 19.8 Å². The second-order valence-electron chi connectivity index (χ2n) is 6.97. The molecule has 3 rings (SSSR count). The summed E-state index contributed by atoms with van der Waals surface area (Å²) in [5, 5.41) is 0.706. The quantitative estimate of drug-likeness (QED) is 0.797. The van der Waals surface area contributed by atoms with Crippen molar-refractivity contribution in [2.24, 2.45) is 5.92 Å². The maximum absolute atomic E-state index is 12.8. The Bertz CT molecular complexity index is 627. The second kappa shape index (κ2) is 8.12. The third-order valence-electron chi connectivity index (χ3n) is 5.05. The average molecular weight is 388 g/mol. The van der Waals surface area contributed by atoms with E-state index >= 15 is 0 Å². The zero-order valence-corrected chi connectivity index (χ0v) is 15.5. The molecule has 1 aromatic rings. The predicted molar refractivity (Wildman–Crippen MR) is 93.1 cm³/mol. The van der Waals surface area contributed by atoms with Gasteiger partial charge in [-0.05, 0) is 32.7 Å². The van der Waals surface area contributed by atoms with Crippen molar-refractivity contribution in [2.45, 2.75) is 42.1 Å². The van der Waals surface area contributed by atoms with Crippen LogP contribution in [0.4, 0.5) is 13.2 Å². The molecular weight excluding hydrogens is 365 g/mol. The van der Waals surface area contributed by atoms with E-state index in [1.165, 1.54) is 18.0 Å². The molecule has 1 saturated carbocycles. The number of nitrogens with zero attached hydrogens (tertiary/aromatic N) is 4. The number of rotatable bonds is 3. The van der Waals surface area contributed by atoms with E-state index in [2.05, 4.69) is 14.9 Å². The first-order valence-corrected chi connectivity index (χ1v) is 9.74. The molecule has 0 spiro atoms. The van der Waals surface area contributed by atoms with Gasteiger partial charge in [0.05, 0.1) is 18.3 Å². The molecular formula is C17H23F3N4OS. The van der Waals surface area contributed by atoms with Gasteiger partial charge >= 0.3 is 6.18 Å². The third kappa shape index (κ3) is 4.88. The highest BCUT2D eigenvalue weighted by Crippen LogP contribution is 2.41. The molecule has 0 bridgehead atoms. The molecule has 0 N–H and O–H groups in total. The predicted octanol–water partition coefficient (Wildman–Crippen LogP) is 3.08. The number of thioether (sulfide) groups is 1. The number of aromatic nitrogens is 2. The lowest BCUT2D eigenvalue weighted by molar-refractivity contribution is -0.181. The zero-order valence-electron chi connectivity index (χ0n) is 14.7. The van der Waals surface area contributed by atoms with Gasteiger partial charge in [-0.1, -0.05) is 0 Å². The van der Waals surface area contributed by atoms with Crippen LogP contribution >= 0.6 is 11.8 Å². The van der Waals surface area contributed by atoms with Crippen molar-refractivity contribution in [2.75, 3.05) is 33.2 Å². The van der Waals surface area contributed by atoms with Crippen LogP contribution in [0.15, 0.2) is 17.4 Å². The number of likely N-dealkylation sites (N-methyl/N-ethyl adjacent to an activating group) is 1. The summed E-state index contributed by atoms with van der Waals surface area (Å²) in [4.78, 5) is 25.0. The van der Waals surface area contributed by atoms with Crippen LogP contribution in [-0.4, -0.2) is 70.3 Å². The second-order valence-corrected chi connectivity index (χ2v) is 8.29. The Hall–Kier alpha value is -1.35. The fraction of sp³-hybridized carbons (Fsp3) is 0.706. The number of hydrogen-bond donors (Lipinski definition) is 0. The summed E-state index contributed by atoms with van der Waals surface area (Å²) in [7, 11) is 2.02. The molecule has 2 heterocycles. The first-order chi connectivity index (χ1) is 12.3. The van der Waals surface area contributed by atoms with E-state index in [0.29, 0.717) is 36.7 Å². The number of carbonyl (C=O) groups excluding carboxylic acids is 1. The maximum atomic E-state index is 12.8. The van der Waals surface area contributed by atoms with Gasteiger partial charge < -0.3 is 9.80 Å². The van der Waals surface area contributed by atoms with Gasteiger partial charge in [0.1, 0.15) is 10.7 Å². The number of alkyl halides is 3. The smallest absolute Gasteiger partial charge is 0.335 e. The summed E-state index contributed by atoms with van der Waals surface area (Å²) >= 11 is 1.44. The Labute approximate surface area is 155 Å². The summed E-state index contributed by atoms with van der Waals surface area (Å²) < 4.78 is 38.3. The molecule has 1 aliphatic heterocycles. The highest BCUT2D eigenvalue weighted by Gasteiger charge is 2.41. The largest absolute Gasteiger partial charge is 0.391 e. The van der Waals surface area contributed by atoms with E-state index in [1.54, 1.807) is 11.1 Å². The maximum Gasteiger partial charge on any atom is 0.391 e. The molecule has 1 aromatic heterocycles. The molecule has 9 heteroatoms. The zero-order chi connectivity index (χ0) is 18.7. The van der Waals surface area contributed by atoms with E-state index in [4.69, 9.17) is 0 Å². The number of piperazine rings is 1. The lowest BCUT2D eigenvalue weighted by Crippen LogP contribution is -2.47. The van der Waals surface area contributed by atoms with Gasteiger partial charge in [-0.3, -0.25) is 9.78 Å². The molecule has 0 atom stereocenters. The van der Waals surface area contributed by atoms with E-state index in [1.807, 2.05) is 7.05 Å². The van der Waals surface area contributed by atoms with Crippen molar-refractivity contribution in [3.8, 4) is 0 Å². The standard InChI is InChI=1S/C17H23F3N4OS/c1-23-6-8-24(9-7-23)16(25)14-10-21-11-15(22-14)26-13-4-2-12(3-5-13)17(18,19)20/h10-13H,2-9H2,1H3. The van der Waals surface area contributed by atoms with Crippen molar-refractivity contribution < 1.29 is 18.0 Å². The lowest BCUT2D eigenvalue weighted by atomic mass is 9.88. The van der Waals surface area contributed by atoms with E-state index in [-0.39, 0.29) is 24.0 Å². The highest BCUT2D eigenvalue weighted by molar-refractivity contribution is 7.99. The van der Waals surface area contributed by atoms with Crippen molar-refractivity contribution >= 4 is 17.7 Å². The minimum atomic E-state index is -4.09. The summed E-state index contributed by atoms with van der Waals surface area (Å²) in [6.45, 7) is 2.98. The van der Waals surface area contributed by atoms with E-state index < -0.39 is 12.1 Å². The van der Waals surface area contributed by atoms with Crippen LogP contribution < -0.4 is 0 Å². The van der Waals surface area contributed by atoms with Crippen molar-refractivity contribution in [1.29, 1.82) is 0 Å². The number of amides is 1. The fourth-order valence-corrected chi connectivity index (χ4v) is 4.48. The molecule has 26 heavy (non-hydrogen) atoms. The first kappa shape index (κ1) is 19.4. The first-order valence-electron chi connectivity index (χ1n) is 8.86. The van der Waals surface area contributed by atoms with Gasteiger partial charge in [-0.2, -0.15) is 13.2 Å². The van der Waals surface area contributed by atoms with Gasteiger partial charge in [-0.15, -0.1) is 11.8 Å². The van der Waals surface area contributed by atoms with E-state index in [0.717, 1.165) is 13.1 Å². The molecule has 2 aliphatic rings. The molecule has 0 aromatic carbocycles. The Morgan fingerprint density at radius 3 is 2.38 bits per heavy atom. The van der Waals surface area contributed by atoms with Crippen LogP contribution in [0.3, 0.4) is 0 Å². The molecule has 2 fully saturated rings. The van der Waals surface area contributed by atoms with Crippen LogP contribution in [0, 0.1) is 5.92 Å². The summed E-state index contributed by atoms with van der Waals surface area (Å²) in [5.74, 6) is -1.32. The molecule has 0 unspecified atom stereocenters. The Morgan fingerprint density at radius 1 is 1.12 bits per heavy atom. The van der Waals surface area contributed by atoms with Crippen LogP contribution in [-0.2, 0) is 0 Å². The molecule has 1 amide bonds.